The number of hydrogen-bond donors (Lipinski definition) is 2. The van der Waals surface area contributed by atoms with E-state index in [4.69, 9.17) is 16.3 Å². The van der Waals surface area contributed by atoms with E-state index in [1.165, 1.54) is 12.7 Å². The van der Waals surface area contributed by atoms with Gasteiger partial charge in [0, 0.05) is 23.6 Å². The summed E-state index contributed by atoms with van der Waals surface area (Å²) in [7, 11) is 1.39. The number of carbonyl (C=O) groups is 2. The molecule has 0 saturated heterocycles. The number of quaternary nitrogens is 1. The Bertz CT molecular complexity index is 825. The summed E-state index contributed by atoms with van der Waals surface area (Å²) in [5.41, 5.74) is 3.41. The molecule has 2 N–H and O–H groups in total. The van der Waals surface area contributed by atoms with Crippen molar-refractivity contribution in [2.24, 2.45) is 0 Å². The quantitative estimate of drug-likeness (QED) is 0.732. The minimum absolute atomic E-state index is 0.0692. The average molecular weight is 388 g/mol. The Morgan fingerprint density at radius 1 is 1.19 bits per heavy atom. The zero-order valence-corrected chi connectivity index (χ0v) is 16.1. The number of fused-ring (bicyclic) bond motifs is 1. The minimum atomic E-state index is -0.358. The molecule has 0 aromatic heterocycles. The van der Waals surface area contributed by atoms with Crippen LogP contribution in [0.3, 0.4) is 0 Å². The Morgan fingerprint density at radius 3 is 2.70 bits per heavy atom. The van der Waals surface area contributed by atoms with Gasteiger partial charge in [0.1, 0.15) is 6.54 Å². The van der Waals surface area contributed by atoms with Crippen molar-refractivity contribution >= 4 is 23.5 Å². The lowest BCUT2D eigenvalue weighted by Gasteiger charge is -2.31. The van der Waals surface area contributed by atoms with E-state index < -0.39 is 0 Å². The molecule has 142 valence electrons. The second-order valence-electron chi connectivity index (χ2n) is 6.79. The van der Waals surface area contributed by atoms with Crippen LogP contribution in [0.15, 0.2) is 48.5 Å². The molecule has 2 aromatic carbocycles. The van der Waals surface area contributed by atoms with Crippen molar-refractivity contribution in [1.29, 1.82) is 0 Å². The van der Waals surface area contributed by atoms with E-state index >= 15 is 0 Å². The number of halogens is 1. The molecule has 27 heavy (non-hydrogen) atoms. The van der Waals surface area contributed by atoms with Crippen molar-refractivity contribution in [3.05, 3.63) is 70.2 Å². The number of methoxy groups -OCH3 is 1. The van der Waals surface area contributed by atoms with Crippen molar-refractivity contribution in [3.63, 3.8) is 0 Å². The molecule has 0 saturated carbocycles. The standard InChI is InChI=1S/C21H23ClN2O3/c1-27-21(26)19-12-16-6-2-3-7-17(16)13-24(19)14-20(25)23-10-9-15-5-4-8-18(22)11-15/h2-8,11,19H,9-10,12-14H2,1H3,(H,23,25)/p+1/t19-/m0/s1. The molecular formula is C21H24ClN2O3+. The smallest absolute Gasteiger partial charge is 0.365 e. The molecule has 1 aliphatic rings. The monoisotopic (exact) mass is 387 g/mol. The molecule has 1 heterocycles. The van der Waals surface area contributed by atoms with Gasteiger partial charge in [-0.2, -0.15) is 0 Å². The second-order valence-corrected chi connectivity index (χ2v) is 7.23. The van der Waals surface area contributed by atoms with E-state index in [-0.39, 0.29) is 24.5 Å². The summed E-state index contributed by atoms with van der Waals surface area (Å²) < 4.78 is 4.96. The van der Waals surface area contributed by atoms with Crippen LogP contribution in [0, 0.1) is 0 Å². The van der Waals surface area contributed by atoms with Crippen LogP contribution in [0.1, 0.15) is 16.7 Å². The van der Waals surface area contributed by atoms with E-state index in [0.717, 1.165) is 16.0 Å². The van der Waals surface area contributed by atoms with Crippen molar-refractivity contribution in [3.8, 4) is 0 Å². The third-order valence-electron chi connectivity index (χ3n) is 4.95. The number of rotatable bonds is 6. The molecule has 0 spiro atoms. The maximum atomic E-state index is 12.4. The van der Waals surface area contributed by atoms with Crippen LogP contribution in [0.4, 0.5) is 0 Å². The van der Waals surface area contributed by atoms with Crippen LogP contribution in [0.2, 0.25) is 5.02 Å². The summed E-state index contributed by atoms with van der Waals surface area (Å²) in [6.07, 6.45) is 1.30. The van der Waals surface area contributed by atoms with Gasteiger partial charge in [-0.15, -0.1) is 0 Å². The normalized spacial score (nSPS) is 18.4. The topological polar surface area (TPSA) is 59.8 Å². The number of hydrogen-bond acceptors (Lipinski definition) is 3. The van der Waals surface area contributed by atoms with Gasteiger partial charge in [-0.3, -0.25) is 4.79 Å². The summed E-state index contributed by atoms with van der Waals surface area (Å²) in [6.45, 7) is 1.41. The maximum Gasteiger partial charge on any atom is 0.365 e. The summed E-state index contributed by atoms with van der Waals surface area (Å²) in [6, 6.07) is 15.3. The first-order valence-corrected chi connectivity index (χ1v) is 9.45. The Morgan fingerprint density at radius 2 is 1.96 bits per heavy atom. The molecule has 2 atom stereocenters. The maximum absolute atomic E-state index is 12.4. The number of benzene rings is 2. The van der Waals surface area contributed by atoms with Crippen LogP contribution in [0.5, 0.6) is 0 Å². The lowest BCUT2D eigenvalue weighted by Crippen LogP contribution is -3.17. The van der Waals surface area contributed by atoms with Gasteiger partial charge in [-0.05, 0) is 29.7 Å². The van der Waals surface area contributed by atoms with Crippen LogP contribution in [-0.4, -0.2) is 38.1 Å². The van der Waals surface area contributed by atoms with Gasteiger partial charge >= 0.3 is 5.97 Å². The molecule has 0 radical (unpaired) electrons. The number of carbonyl (C=O) groups excluding carboxylic acids is 2. The predicted molar refractivity (Wildman–Crippen MR) is 104 cm³/mol. The molecule has 0 fully saturated rings. The Hall–Kier alpha value is -2.37. The van der Waals surface area contributed by atoms with E-state index in [2.05, 4.69) is 11.4 Å². The highest BCUT2D eigenvalue weighted by Crippen LogP contribution is 2.14. The van der Waals surface area contributed by atoms with Gasteiger partial charge in [-0.25, -0.2) is 4.79 Å². The fraction of sp³-hybridized carbons (Fsp3) is 0.333. The SMILES string of the molecule is COC(=O)[C@@H]1Cc2ccccc2C[NH+]1CC(=O)NCCc1cccc(Cl)c1. The highest BCUT2D eigenvalue weighted by atomic mass is 35.5. The summed E-state index contributed by atoms with van der Waals surface area (Å²) in [5, 5.41) is 3.64. The van der Waals surface area contributed by atoms with Crippen LogP contribution >= 0.6 is 11.6 Å². The fourth-order valence-electron chi connectivity index (χ4n) is 3.55. The largest absolute Gasteiger partial charge is 0.465 e. The lowest BCUT2D eigenvalue weighted by molar-refractivity contribution is -0.924. The van der Waals surface area contributed by atoms with E-state index in [1.54, 1.807) is 0 Å². The summed E-state index contributed by atoms with van der Waals surface area (Å²) >= 11 is 5.98. The molecule has 2 aromatic rings. The molecule has 0 aliphatic carbocycles. The zero-order chi connectivity index (χ0) is 19.2. The number of nitrogens with one attached hydrogen (secondary N) is 2. The minimum Gasteiger partial charge on any atom is -0.465 e. The third-order valence-corrected chi connectivity index (χ3v) is 5.19. The molecule has 1 amide bonds. The van der Waals surface area contributed by atoms with Crippen LogP contribution in [0.25, 0.3) is 0 Å². The Balaban J connectivity index is 1.58. The average Bonchev–Trinajstić information content (AvgIpc) is 2.67. The highest BCUT2D eigenvalue weighted by molar-refractivity contribution is 6.30. The molecule has 6 heteroatoms. The van der Waals surface area contributed by atoms with Gasteiger partial charge < -0.3 is 15.0 Å². The Kier molecular flexibility index (Phi) is 6.48. The number of esters is 1. The second kappa shape index (κ2) is 9.02. The van der Waals surface area contributed by atoms with Gasteiger partial charge in [0.15, 0.2) is 12.6 Å². The number of ether oxygens (including phenoxy) is 1. The number of amides is 1. The van der Waals surface area contributed by atoms with Crippen LogP contribution < -0.4 is 10.2 Å². The first-order valence-electron chi connectivity index (χ1n) is 9.07. The molecule has 0 bridgehead atoms. The van der Waals surface area contributed by atoms with E-state index in [1.807, 2.05) is 42.5 Å². The summed E-state index contributed by atoms with van der Waals surface area (Å²) in [5.74, 6) is -0.341. The first kappa shape index (κ1) is 19.4. The van der Waals surface area contributed by atoms with Crippen LogP contribution in [-0.2, 0) is 33.7 Å². The van der Waals surface area contributed by atoms with E-state index in [9.17, 15) is 9.59 Å². The zero-order valence-electron chi connectivity index (χ0n) is 15.3. The van der Waals surface area contributed by atoms with Gasteiger partial charge in [0.2, 0.25) is 0 Å². The Labute approximate surface area is 164 Å². The van der Waals surface area contributed by atoms with Gasteiger partial charge in [0.25, 0.3) is 5.91 Å². The van der Waals surface area contributed by atoms with Gasteiger partial charge in [0.05, 0.1) is 7.11 Å². The first-order chi connectivity index (χ1) is 13.1. The van der Waals surface area contributed by atoms with Crippen molar-refractivity contribution in [2.45, 2.75) is 25.4 Å². The van der Waals surface area contributed by atoms with Crippen molar-refractivity contribution < 1.29 is 19.2 Å². The third kappa shape index (κ3) is 5.08. The highest BCUT2D eigenvalue weighted by Gasteiger charge is 2.36. The predicted octanol–water partition coefficient (Wildman–Crippen LogP) is 1.18. The molecule has 1 unspecified atom stereocenters. The molecule has 1 aliphatic heterocycles. The van der Waals surface area contributed by atoms with Crippen molar-refractivity contribution in [2.75, 3.05) is 20.2 Å². The molecule has 3 rings (SSSR count). The van der Waals surface area contributed by atoms with E-state index in [0.29, 0.717) is 31.0 Å². The molecule has 5 nitrogen and oxygen atoms in total. The van der Waals surface area contributed by atoms with Gasteiger partial charge in [-0.1, -0.05) is 48.0 Å². The van der Waals surface area contributed by atoms with Crippen molar-refractivity contribution in [1.82, 2.24) is 5.32 Å². The lowest BCUT2D eigenvalue weighted by atomic mass is 9.94. The fourth-order valence-corrected chi connectivity index (χ4v) is 3.76. The molecular weight excluding hydrogens is 364 g/mol. The summed E-state index contributed by atoms with van der Waals surface area (Å²) in [4.78, 5) is 25.6.